The van der Waals surface area contributed by atoms with Crippen LogP contribution in [0.2, 0.25) is 0 Å². The molecule has 1 aromatic carbocycles. The maximum absolute atomic E-state index is 10.7. The molecule has 0 spiro atoms. The van der Waals surface area contributed by atoms with Crippen LogP contribution in [0.25, 0.3) is 0 Å². The fourth-order valence-electron chi connectivity index (χ4n) is 3.30. The summed E-state index contributed by atoms with van der Waals surface area (Å²) in [5, 5.41) is 20.6. The molecule has 1 heterocycles. The number of aliphatic hydroxyl groups is 1. The molecular formula is C13H15BrN2O3. The third-order valence-electron chi connectivity index (χ3n) is 4.30. The number of non-ortho nitro benzene ring substituents is 1. The molecule has 3 rings (SSSR count). The molecule has 1 N–H and O–H groups in total. The van der Waals surface area contributed by atoms with Gasteiger partial charge in [-0.2, -0.15) is 0 Å². The average Bonchev–Trinajstić information content (AvgIpc) is 2.92. The van der Waals surface area contributed by atoms with Crippen molar-refractivity contribution in [2.75, 3.05) is 18.0 Å². The van der Waals surface area contributed by atoms with Gasteiger partial charge in [-0.3, -0.25) is 10.1 Å². The van der Waals surface area contributed by atoms with E-state index in [4.69, 9.17) is 0 Å². The van der Waals surface area contributed by atoms with Crippen LogP contribution in [0.15, 0.2) is 22.7 Å². The van der Waals surface area contributed by atoms with Crippen molar-refractivity contribution in [2.24, 2.45) is 11.8 Å². The summed E-state index contributed by atoms with van der Waals surface area (Å²) in [6.07, 6.45) is 1.80. The van der Waals surface area contributed by atoms with Gasteiger partial charge in [-0.1, -0.05) is 0 Å². The number of nitro benzene ring substituents is 1. The number of nitrogens with zero attached hydrogens (tertiary/aromatic N) is 2. The van der Waals surface area contributed by atoms with Crippen LogP contribution >= 0.6 is 15.9 Å². The van der Waals surface area contributed by atoms with Crippen LogP contribution in [0.4, 0.5) is 11.4 Å². The Kier molecular flexibility index (Phi) is 3.22. The normalized spacial score (nSPS) is 29.6. The first-order valence-corrected chi connectivity index (χ1v) is 7.22. The van der Waals surface area contributed by atoms with Crippen molar-refractivity contribution < 1.29 is 10.0 Å². The van der Waals surface area contributed by atoms with Crippen LogP contribution in [0.3, 0.4) is 0 Å². The summed E-state index contributed by atoms with van der Waals surface area (Å²) in [6, 6.07) is 4.86. The van der Waals surface area contributed by atoms with Crippen LogP contribution < -0.4 is 4.90 Å². The molecule has 102 valence electrons. The fourth-order valence-corrected chi connectivity index (χ4v) is 3.92. The molecule has 1 saturated heterocycles. The third kappa shape index (κ3) is 2.23. The van der Waals surface area contributed by atoms with Gasteiger partial charge in [0.05, 0.1) is 16.7 Å². The number of nitro groups is 1. The lowest BCUT2D eigenvalue weighted by atomic mass is 10.00. The molecule has 19 heavy (non-hydrogen) atoms. The maximum atomic E-state index is 10.7. The summed E-state index contributed by atoms with van der Waals surface area (Å²) < 4.78 is 0.746. The van der Waals surface area contributed by atoms with Gasteiger partial charge in [-0.15, -0.1) is 0 Å². The molecule has 1 aliphatic heterocycles. The van der Waals surface area contributed by atoms with Crippen molar-refractivity contribution in [3.8, 4) is 0 Å². The Labute approximate surface area is 119 Å². The number of halogens is 1. The first-order valence-electron chi connectivity index (χ1n) is 6.43. The molecule has 6 heteroatoms. The van der Waals surface area contributed by atoms with Gasteiger partial charge in [0.25, 0.3) is 5.69 Å². The number of hydrogen-bond acceptors (Lipinski definition) is 4. The van der Waals surface area contributed by atoms with Crippen LogP contribution in [-0.2, 0) is 0 Å². The molecule has 1 aromatic rings. The van der Waals surface area contributed by atoms with E-state index in [9.17, 15) is 15.2 Å². The van der Waals surface area contributed by atoms with Crippen LogP contribution in [-0.4, -0.2) is 29.2 Å². The Morgan fingerprint density at radius 1 is 1.37 bits per heavy atom. The molecule has 3 atom stereocenters. The van der Waals surface area contributed by atoms with Gasteiger partial charge in [-0.25, -0.2) is 0 Å². The fraction of sp³-hybridized carbons (Fsp3) is 0.538. The average molecular weight is 327 g/mol. The lowest BCUT2D eigenvalue weighted by Crippen LogP contribution is -2.24. The van der Waals surface area contributed by atoms with E-state index in [1.165, 1.54) is 6.07 Å². The Morgan fingerprint density at radius 2 is 2.16 bits per heavy atom. The molecule has 0 aromatic heterocycles. The monoisotopic (exact) mass is 326 g/mol. The zero-order valence-corrected chi connectivity index (χ0v) is 11.9. The van der Waals surface area contributed by atoms with Gasteiger partial charge in [-0.05, 0) is 40.8 Å². The summed E-state index contributed by atoms with van der Waals surface area (Å²) in [7, 11) is 0. The van der Waals surface area contributed by atoms with E-state index in [0.29, 0.717) is 11.8 Å². The molecule has 0 amide bonds. The van der Waals surface area contributed by atoms with E-state index >= 15 is 0 Å². The minimum absolute atomic E-state index is 0.0926. The maximum Gasteiger partial charge on any atom is 0.270 e. The molecule has 1 saturated carbocycles. The quantitative estimate of drug-likeness (QED) is 0.670. The van der Waals surface area contributed by atoms with Crippen molar-refractivity contribution in [3.05, 3.63) is 32.8 Å². The van der Waals surface area contributed by atoms with Gasteiger partial charge < -0.3 is 10.0 Å². The molecule has 3 unspecified atom stereocenters. The minimum Gasteiger partial charge on any atom is -0.393 e. The first kappa shape index (κ1) is 12.9. The number of anilines is 1. The standard InChI is InChI=1S/C13H15BrN2O3/c14-11-5-9(16(18)19)2-3-12(11)15-6-8-1-4-13(17)10(8)7-15/h2-3,5,8,10,13,17H,1,4,6-7H2. The summed E-state index contributed by atoms with van der Waals surface area (Å²) in [6.45, 7) is 1.76. The van der Waals surface area contributed by atoms with Crippen molar-refractivity contribution in [3.63, 3.8) is 0 Å². The number of fused-ring (bicyclic) bond motifs is 1. The van der Waals surface area contributed by atoms with Gasteiger partial charge in [0.2, 0.25) is 0 Å². The van der Waals surface area contributed by atoms with Crippen molar-refractivity contribution in [1.82, 2.24) is 0 Å². The lowest BCUT2D eigenvalue weighted by molar-refractivity contribution is -0.384. The van der Waals surface area contributed by atoms with E-state index in [-0.39, 0.29) is 11.8 Å². The molecule has 1 aliphatic carbocycles. The zero-order valence-electron chi connectivity index (χ0n) is 10.3. The molecule has 2 fully saturated rings. The van der Waals surface area contributed by atoms with E-state index in [0.717, 1.165) is 36.1 Å². The zero-order chi connectivity index (χ0) is 13.6. The number of rotatable bonds is 2. The SMILES string of the molecule is O=[N+]([O-])c1ccc(N2CC3CCC(O)C3C2)c(Br)c1. The van der Waals surface area contributed by atoms with E-state index in [1.807, 2.05) is 0 Å². The molecular weight excluding hydrogens is 312 g/mol. The van der Waals surface area contributed by atoms with Gasteiger partial charge in [0.15, 0.2) is 0 Å². The Hall–Kier alpha value is -1.14. The highest BCUT2D eigenvalue weighted by Crippen LogP contribution is 2.42. The predicted octanol–water partition coefficient (Wildman–Crippen LogP) is 2.56. The smallest absolute Gasteiger partial charge is 0.270 e. The highest BCUT2D eigenvalue weighted by Gasteiger charge is 2.42. The van der Waals surface area contributed by atoms with Crippen molar-refractivity contribution >= 4 is 27.3 Å². The number of aliphatic hydroxyl groups excluding tert-OH is 1. The lowest BCUT2D eigenvalue weighted by Gasteiger charge is -2.21. The van der Waals surface area contributed by atoms with Crippen LogP contribution in [0.5, 0.6) is 0 Å². The molecule has 5 nitrogen and oxygen atoms in total. The molecule has 2 aliphatic rings. The highest BCUT2D eigenvalue weighted by molar-refractivity contribution is 9.10. The van der Waals surface area contributed by atoms with Crippen molar-refractivity contribution in [2.45, 2.75) is 18.9 Å². The largest absolute Gasteiger partial charge is 0.393 e. The number of benzene rings is 1. The summed E-state index contributed by atoms with van der Waals surface area (Å²) in [5.41, 5.74) is 1.07. The Morgan fingerprint density at radius 3 is 2.79 bits per heavy atom. The summed E-state index contributed by atoms with van der Waals surface area (Å²) in [5.74, 6) is 0.902. The minimum atomic E-state index is -0.392. The van der Waals surface area contributed by atoms with Crippen LogP contribution in [0, 0.1) is 22.0 Å². The second kappa shape index (κ2) is 4.76. The number of hydrogen-bond donors (Lipinski definition) is 1. The summed E-state index contributed by atoms with van der Waals surface area (Å²) in [4.78, 5) is 12.5. The summed E-state index contributed by atoms with van der Waals surface area (Å²) >= 11 is 3.41. The highest BCUT2D eigenvalue weighted by atomic mass is 79.9. The third-order valence-corrected chi connectivity index (χ3v) is 4.94. The van der Waals surface area contributed by atoms with Gasteiger partial charge in [0, 0.05) is 35.6 Å². The second-order valence-corrected chi connectivity index (χ2v) is 6.22. The molecule has 0 radical (unpaired) electrons. The van der Waals surface area contributed by atoms with E-state index in [2.05, 4.69) is 20.8 Å². The Balaban J connectivity index is 1.82. The Bertz CT molecular complexity index is 523. The van der Waals surface area contributed by atoms with Crippen molar-refractivity contribution in [1.29, 1.82) is 0 Å². The van der Waals surface area contributed by atoms with Gasteiger partial charge >= 0.3 is 0 Å². The topological polar surface area (TPSA) is 66.6 Å². The molecule has 0 bridgehead atoms. The van der Waals surface area contributed by atoms with Crippen LogP contribution in [0.1, 0.15) is 12.8 Å². The first-order chi connectivity index (χ1) is 9.06. The van der Waals surface area contributed by atoms with E-state index < -0.39 is 4.92 Å². The van der Waals surface area contributed by atoms with E-state index in [1.54, 1.807) is 12.1 Å². The van der Waals surface area contributed by atoms with Gasteiger partial charge in [0.1, 0.15) is 0 Å². The second-order valence-electron chi connectivity index (χ2n) is 5.37. The predicted molar refractivity (Wildman–Crippen MR) is 75.2 cm³/mol.